The SMILES string of the molecule is COc1ccc(N(CC(=O)N2c3ccccc3C[C@H]2C)S(C)(=O)=O)cc1Cl. The molecule has 3 rings (SSSR count). The first kappa shape index (κ1) is 19.5. The largest absolute Gasteiger partial charge is 0.495 e. The Morgan fingerprint density at radius 1 is 1.30 bits per heavy atom. The Balaban J connectivity index is 1.92. The predicted octanol–water partition coefficient (Wildman–Crippen LogP) is 3.09. The number of carbonyl (C=O) groups is 1. The van der Waals surface area contributed by atoms with Gasteiger partial charge in [0.2, 0.25) is 15.9 Å². The van der Waals surface area contributed by atoms with E-state index in [4.69, 9.17) is 16.3 Å². The lowest BCUT2D eigenvalue weighted by atomic mass is 10.1. The fourth-order valence-electron chi connectivity index (χ4n) is 3.36. The van der Waals surface area contributed by atoms with Crippen LogP contribution in [0.2, 0.25) is 5.02 Å². The number of ether oxygens (including phenoxy) is 1. The van der Waals surface area contributed by atoms with Gasteiger partial charge < -0.3 is 9.64 Å². The maximum absolute atomic E-state index is 13.0. The van der Waals surface area contributed by atoms with Crippen LogP contribution in [-0.2, 0) is 21.2 Å². The van der Waals surface area contributed by atoms with Crippen LogP contribution < -0.4 is 13.9 Å². The zero-order valence-electron chi connectivity index (χ0n) is 15.3. The summed E-state index contributed by atoms with van der Waals surface area (Å²) >= 11 is 6.14. The highest BCUT2D eigenvalue weighted by Crippen LogP contribution is 2.33. The van der Waals surface area contributed by atoms with Crippen LogP contribution in [0.4, 0.5) is 11.4 Å². The van der Waals surface area contributed by atoms with Crippen LogP contribution in [0.5, 0.6) is 5.75 Å². The van der Waals surface area contributed by atoms with Crippen molar-refractivity contribution >= 4 is 38.9 Å². The van der Waals surface area contributed by atoms with Gasteiger partial charge in [0.15, 0.2) is 0 Å². The first-order chi connectivity index (χ1) is 12.7. The molecule has 0 fully saturated rings. The number of nitrogens with zero attached hydrogens (tertiary/aromatic N) is 2. The molecule has 0 bridgehead atoms. The van der Waals surface area contributed by atoms with Crippen molar-refractivity contribution in [2.24, 2.45) is 0 Å². The second-order valence-electron chi connectivity index (χ2n) is 6.53. The Morgan fingerprint density at radius 2 is 2.00 bits per heavy atom. The monoisotopic (exact) mass is 408 g/mol. The fraction of sp³-hybridized carbons (Fsp3) is 0.316. The number of carbonyl (C=O) groups excluding carboxylic acids is 1. The van der Waals surface area contributed by atoms with Crippen LogP contribution in [0.25, 0.3) is 0 Å². The number of rotatable bonds is 5. The summed E-state index contributed by atoms with van der Waals surface area (Å²) in [6.45, 7) is 1.65. The zero-order chi connectivity index (χ0) is 19.8. The second kappa shape index (κ2) is 7.40. The summed E-state index contributed by atoms with van der Waals surface area (Å²) in [4.78, 5) is 14.7. The number of fused-ring (bicyclic) bond motifs is 1. The van der Waals surface area contributed by atoms with Gasteiger partial charge in [-0.25, -0.2) is 8.42 Å². The second-order valence-corrected chi connectivity index (χ2v) is 8.85. The van der Waals surface area contributed by atoms with E-state index in [1.165, 1.54) is 13.2 Å². The minimum atomic E-state index is -3.69. The number of amides is 1. The lowest BCUT2D eigenvalue weighted by Gasteiger charge is -2.28. The van der Waals surface area contributed by atoms with Crippen LogP contribution in [0.1, 0.15) is 12.5 Å². The molecule has 27 heavy (non-hydrogen) atoms. The molecule has 0 spiro atoms. The first-order valence-corrected chi connectivity index (χ1v) is 10.7. The minimum Gasteiger partial charge on any atom is -0.495 e. The maximum Gasteiger partial charge on any atom is 0.248 e. The molecule has 0 N–H and O–H groups in total. The number of para-hydroxylation sites is 1. The Hall–Kier alpha value is -2.25. The maximum atomic E-state index is 13.0. The number of halogens is 1. The molecule has 1 atom stereocenters. The third-order valence-electron chi connectivity index (χ3n) is 4.58. The molecule has 1 aliphatic heterocycles. The van der Waals surface area contributed by atoms with Crippen molar-refractivity contribution in [2.75, 3.05) is 29.1 Å². The summed E-state index contributed by atoms with van der Waals surface area (Å²) in [6, 6.07) is 12.3. The molecule has 0 aromatic heterocycles. The van der Waals surface area contributed by atoms with Crippen molar-refractivity contribution in [1.82, 2.24) is 0 Å². The Kier molecular flexibility index (Phi) is 5.35. The fourth-order valence-corrected chi connectivity index (χ4v) is 4.45. The summed E-state index contributed by atoms with van der Waals surface area (Å²) in [6.07, 6.45) is 1.81. The van der Waals surface area contributed by atoms with Crippen molar-refractivity contribution in [1.29, 1.82) is 0 Å². The van der Waals surface area contributed by atoms with E-state index in [2.05, 4.69) is 0 Å². The van der Waals surface area contributed by atoms with Gasteiger partial charge in [-0.2, -0.15) is 0 Å². The third-order valence-corrected chi connectivity index (χ3v) is 6.01. The first-order valence-electron chi connectivity index (χ1n) is 8.43. The standard InChI is InChI=1S/C19H21ClN2O4S/c1-13-10-14-6-4-5-7-17(14)22(13)19(23)12-21(27(3,24)25)15-8-9-18(26-2)16(20)11-15/h4-9,11,13H,10,12H2,1-3H3/t13-/m1/s1. The smallest absolute Gasteiger partial charge is 0.248 e. The number of sulfonamides is 1. The van der Waals surface area contributed by atoms with E-state index in [1.807, 2.05) is 31.2 Å². The van der Waals surface area contributed by atoms with Crippen molar-refractivity contribution < 1.29 is 17.9 Å². The summed E-state index contributed by atoms with van der Waals surface area (Å²) in [5.74, 6) is 0.145. The third kappa shape index (κ3) is 3.89. The zero-order valence-corrected chi connectivity index (χ0v) is 16.9. The molecule has 6 nitrogen and oxygen atoms in total. The molecule has 0 saturated carbocycles. The van der Waals surface area contributed by atoms with E-state index < -0.39 is 10.0 Å². The van der Waals surface area contributed by atoms with Crippen molar-refractivity contribution in [3.8, 4) is 5.75 Å². The van der Waals surface area contributed by atoms with Crippen LogP contribution in [0.3, 0.4) is 0 Å². The molecule has 2 aromatic carbocycles. The molecular formula is C19H21ClN2O4S. The summed E-state index contributed by atoms with van der Waals surface area (Å²) in [5.41, 5.74) is 2.23. The molecule has 0 radical (unpaired) electrons. The average Bonchev–Trinajstić information content (AvgIpc) is 2.94. The molecule has 0 saturated heterocycles. The lowest BCUT2D eigenvalue weighted by molar-refractivity contribution is -0.117. The molecule has 0 aliphatic carbocycles. The molecule has 2 aromatic rings. The van der Waals surface area contributed by atoms with Gasteiger partial charge in [0.25, 0.3) is 0 Å². The van der Waals surface area contributed by atoms with E-state index in [9.17, 15) is 13.2 Å². The average molecular weight is 409 g/mol. The van der Waals surface area contributed by atoms with Gasteiger partial charge in [-0.05, 0) is 43.2 Å². The topological polar surface area (TPSA) is 66.9 Å². The van der Waals surface area contributed by atoms with Gasteiger partial charge in [0.05, 0.1) is 24.1 Å². The van der Waals surface area contributed by atoms with E-state index in [1.54, 1.807) is 17.0 Å². The number of anilines is 2. The molecule has 0 unspecified atom stereocenters. The van der Waals surface area contributed by atoms with Crippen LogP contribution >= 0.6 is 11.6 Å². The molecule has 144 valence electrons. The summed E-state index contributed by atoms with van der Waals surface area (Å²) in [5, 5.41) is 0.274. The van der Waals surface area contributed by atoms with Gasteiger partial charge in [0, 0.05) is 11.7 Å². The van der Waals surface area contributed by atoms with Crippen LogP contribution in [0, 0.1) is 0 Å². The lowest BCUT2D eigenvalue weighted by Crippen LogP contribution is -2.45. The van der Waals surface area contributed by atoms with Crippen molar-refractivity contribution in [3.05, 3.63) is 53.1 Å². The van der Waals surface area contributed by atoms with Gasteiger partial charge in [-0.15, -0.1) is 0 Å². The molecule has 1 aliphatic rings. The predicted molar refractivity (Wildman–Crippen MR) is 107 cm³/mol. The number of hydrogen-bond acceptors (Lipinski definition) is 4. The Bertz CT molecular complexity index is 977. The van der Waals surface area contributed by atoms with Crippen LogP contribution in [0.15, 0.2) is 42.5 Å². The number of benzene rings is 2. The highest BCUT2D eigenvalue weighted by molar-refractivity contribution is 7.92. The van der Waals surface area contributed by atoms with Crippen molar-refractivity contribution in [2.45, 2.75) is 19.4 Å². The molecule has 8 heteroatoms. The highest BCUT2D eigenvalue weighted by atomic mass is 35.5. The summed E-state index contributed by atoms with van der Waals surface area (Å²) in [7, 11) is -2.21. The van der Waals surface area contributed by atoms with E-state index in [0.717, 1.165) is 28.2 Å². The van der Waals surface area contributed by atoms with Gasteiger partial charge >= 0.3 is 0 Å². The van der Waals surface area contributed by atoms with E-state index in [0.29, 0.717) is 11.4 Å². The van der Waals surface area contributed by atoms with Crippen LogP contribution in [-0.4, -0.2) is 40.3 Å². The van der Waals surface area contributed by atoms with Crippen molar-refractivity contribution in [3.63, 3.8) is 0 Å². The quantitative estimate of drug-likeness (QED) is 0.762. The van der Waals surface area contributed by atoms with Gasteiger partial charge in [0.1, 0.15) is 12.3 Å². The van der Waals surface area contributed by atoms with Gasteiger partial charge in [-0.3, -0.25) is 9.10 Å². The molecular weight excluding hydrogens is 388 g/mol. The van der Waals surface area contributed by atoms with E-state index >= 15 is 0 Å². The Morgan fingerprint density at radius 3 is 2.63 bits per heavy atom. The number of methoxy groups -OCH3 is 1. The minimum absolute atomic E-state index is 0.0317. The summed E-state index contributed by atoms with van der Waals surface area (Å²) < 4.78 is 30.9. The normalized spacial score (nSPS) is 16.1. The highest BCUT2D eigenvalue weighted by Gasteiger charge is 2.33. The van der Waals surface area contributed by atoms with E-state index in [-0.39, 0.29) is 23.5 Å². The molecule has 1 amide bonds. The van der Waals surface area contributed by atoms with Gasteiger partial charge in [-0.1, -0.05) is 29.8 Å². The molecule has 1 heterocycles. The number of hydrogen-bond donors (Lipinski definition) is 0. The Labute approximate surface area is 164 Å².